The molecule has 0 fully saturated rings. The average molecular weight is 439 g/mol. The normalized spacial score (nSPS) is 13.8. The van der Waals surface area contributed by atoms with Crippen LogP contribution in [-0.2, 0) is 22.3 Å². The first-order chi connectivity index (χ1) is 15.4. The van der Waals surface area contributed by atoms with Crippen LogP contribution in [0.25, 0.3) is 0 Å². The van der Waals surface area contributed by atoms with Crippen molar-refractivity contribution in [3.8, 4) is 0 Å². The fraction of sp³-hybridized carbons (Fsp3) is 0.500. The molecule has 0 spiro atoms. The van der Waals surface area contributed by atoms with Gasteiger partial charge in [-0.05, 0) is 68.0 Å². The molecule has 0 bridgehead atoms. The summed E-state index contributed by atoms with van der Waals surface area (Å²) in [5.74, 6) is -0.748. The molecule has 2 aromatic carbocycles. The lowest BCUT2D eigenvalue weighted by molar-refractivity contribution is -0.0298. The Morgan fingerprint density at radius 3 is 1.50 bits per heavy atom. The SMILES string of the molecule is CCCc1ccc(C(=O)OC(C)C(CC)C(CC)OC(=O)c2ccc(CCC)cc2)cc1. The van der Waals surface area contributed by atoms with E-state index in [2.05, 4.69) is 13.8 Å². The molecule has 0 radical (unpaired) electrons. The van der Waals surface area contributed by atoms with Crippen molar-refractivity contribution in [3.63, 3.8) is 0 Å². The number of rotatable bonds is 12. The maximum Gasteiger partial charge on any atom is 0.338 e. The van der Waals surface area contributed by atoms with Gasteiger partial charge in [0.15, 0.2) is 0 Å². The van der Waals surface area contributed by atoms with Crippen LogP contribution in [0.15, 0.2) is 48.5 Å². The van der Waals surface area contributed by atoms with Crippen LogP contribution in [-0.4, -0.2) is 24.1 Å². The van der Waals surface area contributed by atoms with E-state index in [1.807, 2.05) is 69.3 Å². The van der Waals surface area contributed by atoms with Gasteiger partial charge in [0, 0.05) is 5.92 Å². The number of ether oxygens (including phenoxy) is 2. The van der Waals surface area contributed by atoms with Gasteiger partial charge < -0.3 is 9.47 Å². The van der Waals surface area contributed by atoms with Crippen molar-refractivity contribution in [1.29, 1.82) is 0 Å². The Morgan fingerprint density at radius 1 is 0.688 bits per heavy atom. The molecule has 4 nitrogen and oxygen atoms in total. The van der Waals surface area contributed by atoms with Gasteiger partial charge in [-0.25, -0.2) is 9.59 Å². The van der Waals surface area contributed by atoms with E-state index >= 15 is 0 Å². The molecule has 0 heterocycles. The molecular formula is C28H38O4. The quantitative estimate of drug-likeness (QED) is 0.342. The number of carbonyl (C=O) groups excluding carboxylic acids is 2. The van der Waals surface area contributed by atoms with Gasteiger partial charge in [-0.2, -0.15) is 0 Å². The lowest BCUT2D eigenvalue weighted by atomic mass is 9.92. The van der Waals surface area contributed by atoms with E-state index in [-0.39, 0.29) is 30.1 Å². The molecule has 3 atom stereocenters. The Labute approximate surface area is 193 Å². The number of hydrogen-bond acceptors (Lipinski definition) is 4. The topological polar surface area (TPSA) is 52.6 Å². The smallest absolute Gasteiger partial charge is 0.338 e. The van der Waals surface area contributed by atoms with E-state index in [9.17, 15) is 9.59 Å². The van der Waals surface area contributed by atoms with Crippen molar-refractivity contribution < 1.29 is 19.1 Å². The number of hydrogen-bond donors (Lipinski definition) is 0. The van der Waals surface area contributed by atoms with Crippen molar-refractivity contribution >= 4 is 11.9 Å². The molecule has 3 unspecified atom stereocenters. The summed E-state index contributed by atoms with van der Waals surface area (Å²) in [6.45, 7) is 10.2. The number of benzene rings is 2. The van der Waals surface area contributed by atoms with E-state index in [0.717, 1.165) is 32.1 Å². The lowest BCUT2D eigenvalue weighted by Gasteiger charge is -2.30. The number of esters is 2. The van der Waals surface area contributed by atoms with Gasteiger partial charge >= 0.3 is 11.9 Å². The van der Waals surface area contributed by atoms with E-state index in [0.29, 0.717) is 17.5 Å². The minimum absolute atomic E-state index is 0.0772. The van der Waals surface area contributed by atoms with Crippen LogP contribution in [0.3, 0.4) is 0 Å². The zero-order chi connectivity index (χ0) is 23.5. The predicted octanol–water partition coefficient (Wildman–Crippen LogP) is 6.80. The summed E-state index contributed by atoms with van der Waals surface area (Å²) in [7, 11) is 0. The summed E-state index contributed by atoms with van der Waals surface area (Å²) in [4.78, 5) is 25.4. The van der Waals surface area contributed by atoms with Crippen molar-refractivity contribution in [2.24, 2.45) is 5.92 Å². The molecular weight excluding hydrogens is 400 g/mol. The fourth-order valence-corrected chi connectivity index (χ4v) is 4.09. The summed E-state index contributed by atoms with van der Waals surface area (Å²) in [6.07, 6.45) is 4.84. The van der Waals surface area contributed by atoms with Gasteiger partial charge in [0.1, 0.15) is 12.2 Å². The number of aryl methyl sites for hydroxylation is 2. The molecule has 0 aliphatic carbocycles. The Bertz CT molecular complexity index is 839. The molecule has 4 heteroatoms. The molecule has 32 heavy (non-hydrogen) atoms. The molecule has 174 valence electrons. The highest BCUT2D eigenvalue weighted by Crippen LogP contribution is 2.24. The maximum absolute atomic E-state index is 12.7. The van der Waals surface area contributed by atoms with E-state index in [1.54, 1.807) is 0 Å². The second-order valence-electron chi connectivity index (χ2n) is 8.43. The molecule has 2 rings (SSSR count). The highest BCUT2D eigenvalue weighted by atomic mass is 16.6. The molecule has 0 aliphatic rings. The standard InChI is InChI=1S/C28H38O4/c1-6-10-21-12-16-23(17-13-21)27(29)31-20(5)25(8-3)26(9-4)32-28(30)24-18-14-22(11-7-2)15-19-24/h12-20,25-26H,6-11H2,1-5H3. The number of carbonyl (C=O) groups is 2. The molecule has 0 saturated carbocycles. The summed E-state index contributed by atoms with van der Waals surface area (Å²) >= 11 is 0. The van der Waals surface area contributed by atoms with Gasteiger partial charge in [-0.15, -0.1) is 0 Å². The third-order valence-corrected chi connectivity index (χ3v) is 5.96. The maximum atomic E-state index is 12.7. The molecule has 0 aromatic heterocycles. The summed E-state index contributed by atoms with van der Waals surface area (Å²) < 4.78 is 11.6. The zero-order valence-corrected chi connectivity index (χ0v) is 20.2. The van der Waals surface area contributed by atoms with Gasteiger partial charge in [-0.3, -0.25) is 0 Å². The summed E-state index contributed by atoms with van der Waals surface area (Å²) in [6, 6.07) is 15.2. The zero-order valence-electron chi connectivity index (χ0n) is 20.2. The van der Waals surface area contributed by atoms with Crippen LogP contribution < -0.4 is 0 Å². The second kappa shape index (κ2) is 13.0. The predicted molar refractivity (Wildman–Crippen MR) is 129 cm³/mol. The first-order valence-electron chi connectivity index (χ1n) is 12.0. The van der Waals surface area contributed by atoms with Gasteiger partial charge in [0.25, 0.3) is 0 Å². The van der Waals surface area contributed by atoms with Crippen LogP contribution in [0.5, 0.6) is 0 Å². The Balaban J connectivity index is 2.01. The molecule has 0 saturated heterocycles. The minimum atomic E-state index is -0.368. The summed E-state index contributed by atoms with van der Waals surface area (Å²) in [5, 5.41) is 0. The highest BCUT2D eigenvalue weighted by molar-refractivity contribution is 5.90. The Kier molecular flexibility index (Phi) is 10.5. The molecule has 0 amide bonds. The van der Waals surface area contributed by atoms with Crippen LogP contribution in [0.4, 0.5) is 0 Å². The average Bonchev–Trinajstić information content (AvgIpc) is 2.80. The van der Waals surface area contributed by atoms with Crippen molar-refractivity contribution in [2.75, 3.05) is 0 Å². The monoisotopic (exact) mass is 438 g/mol. The molecule has 2 aromatic rings. The van der Waals surface area contributed by atoms with Crippen molar-refractivity contribution in [3.05, 3.63) is 70.8 Å². The van der Waals surface area contributed by atoms with Crippen LogP contribution in [0, 0.1) is 5.92 Å². The van der Waals surface area contributed by atoms with E-state index < -0.39 is 0 Å². The van der Waals surface area contributed by atoms with Crippen molar-refractivity contribution in [1.82, 2.24) is 0 Å². The lowest BCUT2D eigenvalue weighted by Crippen LogP contribution is -2.36. The van der Waals surface area contributed by atoms with Crippen LogP contribution in [0.1, 0.15) is 92.1 Å². The summed E-state index contributed by atoms with van der Waals surface area (Å²) in [5.41, 5.74) is 3.52. The fourth-order valence-electron chi connectivity index (χ4n) is 4.09. The first kappa shape index (κ1) is 25.6. The second-order valence-corrected chi connectivity index (χ2v) is 8.43. The molecule has 0 N–H and O–H groups in total. The Hall–Kier alpha value is -2.62. The highest BCUT2D eigenvalue weighted by Gasteiger charge is 2.30. The van der Waals surface area contributed by atoms with E-state index in [1.165, 1.54) is 11.1 Å². The van der Waals surface area contributed by atoms with Crippen molar-refractivity contribution in [2.45, 2.75) is 85.4 Å². The van der Waals surface area contributed by atoms with Crippen LogP contribution >= 0.6 is 0 Å². The third kappa shape index (κ3) is 7.22. The largest absolute Gasteiger partial charge is 0.459 e. The van der Waals surface area contributed by atoms with Gasteiger partial charge in [0.2, 0.25) is 0 Å². The Morgan fingerprint density at radius 2 is 1.12 bits per heavy atom. The van der Waals surface area contributed by atoms with E-state index in [4.69, 9.17) is 9.47 Å². The van der Waals surface area contributed by atoms with Gasteiger partial charge in [-0.1, -0.05) is 64.8 Å². The first-order valence-corrected chi connectivity index (χ1v) is 12.0. The molecule has 0 aliphatic heterocycles. The van der Waals surface area contributed by atoms with Gasteiger partial charge in [0.05, 0.1) is 11.1 Å². The van der Waals surface area contributed by atoms with Crippen LogP contribution in [0.2, 0.25) is 0 Å². The third-order valence-electron chi connectivity index (χ3n) is 5.96. The minimum Gasteiger partial charge on any atom is -0.459 e.